The smallest absolute Gasteiger partial charge is 0.136 e. The third-order valence-corrected chi connectivity index (χ3v) is 4.67. The van der Waals surface area contributed by atoms with Gasteiger partial charge in [0.05, 0.1) is 0 Å². The molecule has 116 valence electrons. The maximum absolute atomic E-state index is 4.92. The van der Waals surface area contributed by atoms with Crippen molar-refractivity contribution in [2.75, 3.05) is 23.3 Å². The van der Waals surface area contributed by atoms with Crippen LogP contribution in [0, 0.1) is 0 Å². The molecule has 0 radical (unpaired) electrons. The molecule has 1 aromatic rings. The Morgan fingerprint density at radius 3 is 2.71 bits per heavy atom. The van der Waals surface area contributed by atoms with E-state index in [1.165, 1.54) is 44.9 Å². The number of anilines is 2. The van der Waals surface area contributed by atoms with E-state index in [9.17, 15) is 0 Å². The SMILES string of the molecule is CCNc1cc(N2CCCCCC2CC)nc(C2CC2)n1. The fourth-order valence-electron chi connectivity index (χ4n) is 3.30. The monoisotopic (exact) mass is 288 g/mol. The molecule has 0 bridgehead atoms. The minimum Gasteiger partial charge on any atom is -0.370 e. The van der Waals surface area contributed by atoms with Gasteiger partial charge in [0.15, 0.2) is 0 Å². The van der Waals surface area contributed by atoms with E-state index in [0.29, 0.717) is 12.0 Å². The van der Waals surface area contributed by atoms with E-state index in [1.54, 1.807) is 0 Å². The highest BCUT2D eigenvalue weighted by atomic mass is 15.2. The number of aromatic nitrogens is 2. The van der Waals surface area contributed by atoms with Gasteiger partial charge in [0.2, 0.25) is 0 Å². The maximum atomic E-state index is 4.92. The van der Waals surface area contributed by atoms with E-state index in [0.717, 1.165) is 30.5 Å². The second-order valence-corrected chi connectivity index (χ2v) is 6.38. The summed E-state index contributed by atoms with van der Waals surface area (Å²) >= 11 is 0. The molecular weight excluding hydrogens is 260 g/mol. The zero-order valence-electron chi connectivity index (χ0n) is 13.4. The lowest BCUT2D eigenvalue weighted by Crippen LogP contribution is -2.35. The van der Waals surface area contributed by atoms with E-state index in [2.05, 4.69) is 30.1 Å². The molecule has 4 nitrogen and oxygen atoms in total. The average Bonchev–Trinajstić information content (AvgIpc) is 3.33. The molecule has 3 rings (SSSR count). The predicted octanol–water partition coefficient (Wildman–Crippen LogP) is 3.94. The van der Waals surface area contributed by atoms with Crippen molar-refractivity contribution >= 4 is 11.6 Å². The van der Waals surface area contributed by atoms with Crippen molar-refractivity contribution in [1.29, 1.82) is 0 Å². The largest absolute Gasteiger partial charge is 0.370 e. The summed E-state index contributed by atoms with van der Waals surface area (Å²) in [6.45, 7) is 6.49. The van der Waals surface area contributed by atoms with Crippen molar-refractivity contribution in [3.63, 3.8) is 0 Å². The normalized spacial score (nSPS) is 23.0. The quantitative estimate of drug-likeness (QED) is 0.891. The summed E-state index contributed by atoms with van der Waals surface area (Å²) in [5.41, 5.74) is 0. The van der Waals surface area contributed by atoms with E-state index in [1.807, 2.05) is 0 Å². The number of nitrogens with one attached hydrogen (secondary N) is 1. The highest BCUT2D eigenvalue weighted by Gasteiger charge is 2.29. The molecule has 21 heavy (non-hydrogen) atoms. The lowest BCUT2D eigenvalue weighted by molar-refractivity contribution is 0.551. The van der Waals surface area contributed by atoms with Crippen molar-refractivity contribution in [2.24, 2.45) is 0 Å². The predicted molar refractivity (Wildman–Crippen MR) is 88.1 cm³/mol. The van der Waals surface area contributed by atoms with Crippen LogP contribution in [0.3, 0.4) is 0 Å². The molecular formula is C17H28N4. The first-order valence-electron chi connectivity index (χ1n) is 8.71. The summed E-state index contributed by atoms with van der Waals surface area (Å²) < 4.78 is 0. The maximum Gasteiger partial charge on any atom is 0.136 e. The number of nitrogens with zero attached hydrogens (tertiary/aromatic N) is 3. The Morgan fingerprint density at radius 2 is 2.00 bits per heavy atom. The fourth-order valence-corrected chi connectivity index (χ4v) is 3.30. The standard InChI is InChI=1S/C17H28N4/c1-3-14-8-6-5-7-11-21(14)16-12-15(18-4-2)19-17(20-16)13-9-10-13/h12-14H,3-11H2,1-2H3,(H,18,19,20). The van der Waals surface area contributed by atoms with Gasteiger partial charge in [-0.2, -0.15) is 0 Å². The summed E-state index contributed by atoms with van der Waals surface area (Å²) in [4.78, 5) is 12.2. The van der Waals surface area contributed by atoms with Gasteiger partial charge in [-0.15, -0.1) is 0 Å². The lowest BCUT2D eigenvalue weighted by Gasteiger charge is -2.31. The molecule has 1 saturated carbocycles. The van der Waals surface area contributed by atoms with Gasteiger partial charge in [-0.3, -0.25) is 0 Å². The molecule has 2 heterocycles. The van der Waals surface area contributed by atoms with Crippen LogP contribution in [-0.2, 0) is 0 Å². The first-order valence-corrected chi connectivity index (χ1v) is 8.71. The molecule has 1 aromatic heterocycles. The Morgan fingerprint density at radius 1 is 1.14 bits per heavy atom. The lowest BCUT2D eigenvalue weighted by atomic mass is 10.1. The molecule has 0 aromatic carbocycles. The molecule has 1 N–H and O–H groups in total. The third kappa shape index (κ3) is 3.47. The molecule has 2 fully saturated rings. The number of hydrogen-bond acceptors (Lipinski definition) is 4. The average molecular weight is 288 g/mol. The van der Waals surface area contributed by atoms with Gasteiger partial charge in [0.1, 0.15) is 17.5 Å². The van der Waals surface area contributed by atoms with Crippen molar-refractivity contribution in [3.05, 3.63) is 11.9 Å². The van der Waals surface area contributed by atoms with Crippen molar-refractivity contribution < 1.29 is 0 Å². The van der Waals surface area contributed by atoms with Crippen LogP contribution in [0.5, 0.6) is 0 Å². The summed E-state index contributed by atoms with van der Waals surface area (Å²) in [6, 6.07) is 2.80. The van der Waals surface area contributed by atoms with Crippen LogP contribution in [-0.4, -0.2) is 29.1 Å². The van der Waals surface area contributed by atoms with Gasteiger partial charge in [-0.1, -0.05) is 19.8 Å². The van der Waals surface area contributed by atoms with E-state index in [4.69, 9.17) is 9.97 Å². The van der Waals surface area contributed by atoms with Gasteiger partial charge >= 0.3 is 0 Å². The minimum atomic E-state index is 0.606. The van der Waals surface area contributed by atoms with Crippen molar-refractivity contribution in [2.45, 2.75) is 70.8 Å². The fraction of sp³-hybridized carbons (Fsp3) is 0.765. The molecule has 1 unspecified atom stereocenters. The van der Waals surface area contributed by atoms with Crippen LogP contribution in [0.4, 0.5) is 11.6 Å². The zero-order valence-corrected chi connectivity index (χ0v) is 13.4. The third-order valence-electron chi connectivity index (χ3n) is 4.67. The molecule has 1 aliphatic carbocycles. The highest BCUT2D eigenvalue weighted by molar-refractivity contribution is 5.51. The molecule has 1 saturated heterocycles. The second-order valence-electron chi connectivity index (χ2n) is 6.38. The Hall–Kier alpha value is -1.32. The van der Waals surface area contributed by atoms with Crippen molar-refractivity contribution in [1.82, 2.24) is 9.97 Å². The van der Waals surface area contributed by atoms with Crippen LogP contribution in [0.2, 0.25) is 0 Å². The zero-order chi connectivity index (χ0) is 14.7. The first kappa shape index (κ1) is 14.6. The van der Waals surface area contributed by atoms with E-state index >= 15 is 0 Å². The van der Waals surface area contributed by atoms with Gasteiger partial charge in [0, 0.05) is 31.1 Å². The van der Waals surface area contributed by atoms with Crippen LogP contribution in [0.15, 0.2) is 6.07 Å². The van der Waals surface area contributed by atoms with Gasteiger partial charge < -0.3 is 10.2 Å². The molecule has 1 atom stereocenters. The Labute approximate surface area is 128 Å². The van der Waals surface area contributed by atoms with Crippen LogP contribution in [0.25, 0.3) is 0 Å². The summed E-state index contributed by atoms with van der Waals surface area (Å²) in [5, 5.41) is 3.38. The van der Waals surface area contributed by atoms with E-state index < -0.39 is 0 Å². The Kier molecular flexibility index (Phi) is 4.61. The minimum absolute atomic E-state index is 0.606. The Bertz CT molecular complexity index is 470. The van der Waals surface area contributed by atoms with Crippen molar-refractivity contribution in [3.8, 4) is 0 Å². The molecule has 2 aliphatic rings. The Balaban J connectivity index is 1.90. The molecule has 4 heteroatoms. The molecule has 1 aliphatic heterocycles. The number of rotatable bonds is 5. The molecule has 0 amide bonds. The summed E-state index contributed by atoms with van der Waals surface area (Å²) in [7, 11) is 0. The van der Waals surface area contributed by atoms with Crippen LogP contribution in [0.1, 0.15) is 70.5 Å². The van der Waals surface area contributed by atoms with Crippen LogP contribution < -0.4 is 10.2 Å². The van der Waals surface area contributed by atoms with Gasteiger partial charge in [-0.05, 0) is 39.0 Å². The summed E-state index contributed by atoms with van der Waals surface area (Å²) in [5.74, 6) is 3.82. The topological polar surface area (TPSA) is 41.0 Å². The second kappa shape index (κ2) is 6.63. The van der Waals surface area contributed by atoms with Gasteiger partial charge in [-0.25, -0.2) is 9.97 Å². The van der Waals surface area contributed by atoms with Crippen LogP contribution >= 0.6 is 0 Å². The molecule has 0 spiro atoms. The summed E-state index contributed by atoms with van der Waals surface area (Å²) in [6.07, 6.45) is 9.02. The number of hydrogen-bond donors (Lipinski definition) is 1. The van der Waals surface area contributed by atoms with E-state index in [-0.39, 0.29) is 0 Å². The first-order chi connectivity index (χ1) is 10.3. The highest BCUT2D eigenvalue weighted by Crippen LogP contribution is 2.39. The van der Waals surface area contributed by atoms with Gasteiger partial charge in [0.25, 0.3) is 0 Å².